The fraction of sp³-hybridized carbons (Fsp3) is 0.435. The number of ether oxygens (including phenoxy) is 1. The number of carbonyl (C=O) groups is 1. The molecule has 1 heterocycles. The van der Waals surface area contributed by atoms with Crippen LogP contribution in [0.2, 0.25) is 0 Å². The second-order valence-corrected chi connectivity index (χ2v) is 7.43. The zero-order valence-electron chi connectivity index (χ0n) is 16.6. The Balaban J connectivity index is 1.55. The van der Waals surface area contributed by atoms with Crippen molar-refractivity contribution in [3.63, 3.8) is 0 Å². The van der Waals surface area contributed by atoms with Crippen LogP contribution in [0.4, 0.5) is 0 Å². The van der Waals surface area contributed by atoms with Crippen LogP contribution in [0.15, 0.2) is 48.5 Å². The maximum Gasteiger partial charge on any atom is 0.263 e. The van der Waals surface area contributed by atoms with Gasteiger partial charge in [0.1, 0.15) is 5.75 Å². The van der Waals surface area contributed by atoms with E-state index in [9.17, 15) is 4.79 Å². The Morgan fingerprint density at radius 3 is 2.22 bits per heavy atom. The summed E-state index contributed by atoms with van der Waals surface area (Å²) in [6.45, 7) is 10.4. The molecule has 0 saturated carbocycles. The van der Waals surface area contributed by atoms with E-state index in [0.29, 0.717) is 6.42 Å². The van der Waals surface area contributed by atoms with E-state index in [1.54, 1.807) is 0 Å². The molecule has 1 atom stereocenters. The molecule has 3 rings (SSSR count). The zero-order chi connectivity index (χ0) is 19.2. The number of amides is 1. The first-order valence-electron chi connectivity index (χ1n) is 9.85. The summed E-state index contributed by atoms with van der Waals surface area (Å²) in [5.74, 6) is 0.895. The molecule has 0 aromatic heterocycles. The minimum atomic E-state index is -0.410. The van der Waals surface area contributed by atoms with Gasteiger partial charge in [-0.25, -0.2) is 0 Å². The minimum absolute atomic E-state index is 0.107. The Kier molecular flexibility index (Phi) is 6.51. The summed E-state index contributed by atoms with van der Waals surface area (Å²) in [6, 6.07) is 16.6. The SMILES string of the molecule is CCC(Oc1cc(C)cc(C)c1)C(=O)N1CCN(Cc2ccccc2)CC1. The Labute approximate surface area is 162 Å². The maximum absolute atomic E-state index is 13.0. The first-order valence-corrected chi connectivity index (χ1v) is 9.85. The van der Waals surface area contributed by atoms with E-state index in [0.717, 1.165) is 49.6 Å². The summed E-state index contributed by atoms with van der Waals surface area (Å²) >= 11 is 0. The lowest BCUT2D eigenvalue weighted by atomic mass is 10.1. The first kappa shape index (κ1) is 19.4. The van der Waals surface area contributed by atoms with Crippen molar-refractivity contribution in [2.24, 2.45) is 0 Å². The van der Waals surface area contributed by atoms with E-state index in [1.807, 2.05) is 30.0 Å². The number of aryl methyl sites for hydroxylation is 2. The molecule has 1 fully saturated rings. The molecule has 4 heteroatoms. The summed E-state index contributed by atoms with van der Waals surface area (Å²) in [7, 11) is 0. The lowest BCUT2D eigenvalue weighted by molar-refractivity contribution is -0.140. The topological polar surface area (TPSA) is 32.8 Å². The molecule has 1 saturated heterocycles. The highest BCUT2D eigenvalue weighted by Crippen LogP contribution is 2.20. The van der Waals surface area contributed by atoms with Gasteiger partial charge in [0.15, 0.2) is 6.10 Å². The number of benzene rings is 2. The van der Waals surface area contributed by atoms with E-state index >= 15 is 0 Å². The molecule has 4 nitrogen and oxygen atoms in total. The highest BCUT2D eigenvalue weighted by molar-refractivity contribution is 5.81. The van der Waals surface area contributed by atoms with E-state index in [2.05, 4.69) is 49.1 Å². The third kappa shape index (κ3) is 5.33. The van der Waals surface area contributed by atoms with Gasteiger partial charge in [-0.2, -0.15) is 0 Å². The van der Waals surface area contributed by atoms with Crippen LogP contribution in [-0.2, 0) is 11.3 Å². The Morgan fingerprint density at radius 2 is 1.63 bits per heavy atom. The van der Waals surface area contributed by atoms with Gasteiger partial charge in [-0.15, -0.1) is 0 Å². The Bertz CT molecular complexity index is 732. The summed E-state index contributed by atoms with van der Waals surface area (Å²) in [4.78, 5) is 17.3. The second-order valence-electron chi connectivity index (χ2n) is 7.43. The van der Waals surface area contributed by atoms with Crippen LogP contribution in [0.3, 0.4) is 0 Å². The van der Waals surface area contributed by atoms with Gasteiger partial charge >= 0.3 is 0 Å². The molecular weight excluding hydrogens is 336 g/mol. The van der Waals surface area contributed by atoms with Crippen LogP contribution < -0.4 is 4.74 Å². The molecule has 0 spiro atoms. The van der Waals surface area contributed by atoms with Crippen molar-refractivity contribution in [1.29, 1.82) is 0 Å². The standard InChI is InChI=1S/C23H30N2O2/c1-4-22(27-21-15-18(2)14-19(3)16-21)23(26)25-12-10-24(11-13-25)17-20-8-6-5-7-9-20/h5-9,14-16,22H,4,10-13,17H2,1-3H3. The molecule has 144 valence electrons. The van der Waals surface area contributed by atoms with Crippen LogP contribution in [-0.4, -0.2) is 48.0 Å². The monoisotopic (exact) mass is 366 g/mol. The number of rotatable bonds is 6. The second kappa shape index (κ2) is 9.05. The lowest BCUT2D eigenvalue weighted by Crippen LogP contribution is -2.52. The predicted octanol–water partition coefficient (Wildman–Crippen LogP) is 3.81. The fourth-order valence-electron chi connectivity index (χ4n) is 3.65. The van der Waals surface area contributed by atoms with Crippen LogP contribution in [0.1, 0.15) is 30.0 Å². The van der Waals surface area contributed by atoms with Crippen molar-refractivity contribution < 1.29 is 9.53 Å². The molecule has 0 radical (unpaired) electrons. The smallest absolute Gasteiger partial charge is 0.263 e. The van der Waals surface area contributed by atoms with Gasteiger partial charge in [-0.3, -0.25) is 9.69 Å². The van der Waals surface area contributed by atoms with E-state index in [4.69, 9.17) is 4.74 Å². The molecule has 2 aromatic carbocycles. The lowest BCUT2D eigenvalue weighted by Gasteiger charge is -2.36. The molecule has 0 N–H and O–H groups in total. The van der Waals surface area contributed by atoms with Crippen LogP contribution in [0.25, 0.3) is 0 Å². The fourth-order valence-corrected chi connectivity index (χ4v) is 3.65. The number of piperazine rings is 1. The van der Waals surface area contributed by atoms with Gasteiger partial charge in [0.25, 0.3) is 5.91 Å². The van der Waals surface area contributed by atoms with Crippen molar-refractivity contribution in [3.05, 3.63) is 65.2 Å². The molecule has 1 unspecified atom stereocenters. The first-order chi connectivity index (χ1) is 13.0. The molecular formula is C23H30N2O2. The third-order valence-electron chi connectivity index (χ3n) is 5.05. The highest BCUT2D eigenvalue weighted by Gasteiger charge is 2.28. The van der Waals surface area contributed by atoms with Gasteiger partial charge in [0, 0.05) is 32.7 Å². The summed E-state index contributed by atoms with van der Waals surface area (Å²) in [5, 5.41) is 0. The molecule has 0 aliphatic carbocycles. The molecule has 1 aliphatic rings. The molecule has 27 heavy (non-hydrogen) atoms. The summed E-state index contributed by atoms with van der Waals surface area (Å²) in [6.07, 6.45) is 0.266. The van der Waals surface area contributed by atoms with Gasteiger partial charge < -0.3 is 9.64 Å². The van der Waals surface area contributed by atoms with Crippen molar-refractivity contribution >= 4 is 5.91 Å². The maximum atomic E-state index is 13.0. The predicted molar refractivity (Wildman–Crippen MR) is 109 cm³/mol. The van der Waals surface area contributed by atoms with Gasteiger partial charge in [0.2, 0.25) is 0 Å². The largest absolute Gasteiger partial charge is 0.481 e. The van der Waals surface area contributed by atoms with Gasteiger partial charge in [-0.1, -0.05) is 43.3 Å². The van der Waals surface area contributed by atoms with Gasteiger partial charge in [-0.05, 0) is 49.1 Å². The summed E-state index contributed by atoms with van der Waals surface area (Å²) < 4.78 is 6.06. The molecule has 2 aromatic rings. The number of hydrogen-bond donors (Lipinski definition) is 0. The van der Waals surface area contributed by atoms with Crippen LogP contribution >= 0.6 is 0 Å². The van der Waals surface area contributed by atoms with Crippen molar-refractivity contribution in [2.75, 3.05) is 26.2 Å². The summed E-state index contributed by atoms with van der Waals surface area (Å²) in [5.41, 5.74) is 3.63. The average molecular weight is 367 g/mol. The molecule has 1 amide bonds. The zero-order valence-corrected chi connectivity index (χ0v) is 16.6. The number of carbonyl (C=O) groups excluding carboxylic acids is 1. The average Bonchev–Trinajstić information content (AvgIpc) is 2.66. The minimum Gasteiger partial charge on any atom is -0.481 e. The Hall–Kier alpha value is -2.33. The molecule has 1 aliphatic heterocycles. The van der Waals surface area contributed by atoms with E-state index < -0.39 is 6.10 Å². The normalized spacial score (nSPS) is 16.2. The number of nitrogens with zero attached hydrogens (tertiary/aromatic N) is 2. The van der Waals surface area contributed by atoms with Crippen molar-refractivity contribution in [2.45, 2.75) is 39.8 Å². The van der Waals surface area contributed by atoms with Crippen LogP contribution in [0, 0.1) is 13.8 Å². The van der Waals surface area contributed by atoms with Gasteiger partial charge in [0.05, 0.1) is 0 Å². The number of hydrogen-bond acceptors (Lipinski definition) is 3. The van der Waals surface area contributed by atoms with E-state index in [1.165, 1.54) is 5.56 Å². The van der Waals surface area contributed by atoms with Crippen molar-refractivity contribution in [1.82, 2.24) is 9.80 Å². The van der Waals surface area contributed by atoms with Crippen LogP contribution in [0.5, 0.6) is 5.75 Å². The molecule has 0 bridgehead atoms. The van der Waals surface area contributed by atoms with Crippen molar-refractivity contribution in [3.8, 4) is 5.75 Å². The Morgan fingerprint density at radius 1 is 1.00 bits per heavy atom. The quantitative estimate of drug-likeness (QED) is 0.779. The highest BCUT2D eigenvalue weighted by atomic mass is 16.5. The van der Waals surface area contributed by atoms with E-state index in [-0.39, 0.29) is 5.91 Å². The third-order valence-corrected chi connectivity index (χ3v) is 5.05.